The van der Waals surface area contributed by atoms with Crippen molar-refractivity contribution >= 4 is 0 Å². The zero-order chi connectivity index (χ0) is 5.98. The largest absolute Gasteiger partial charge is 0.233 e. The first-order chi connectivity index (χ1) is 3.79. The number of hydrogen-bond acceptors (Lipinski definition) is 0. The number of hydrogen-bond donors (Lipinski definition) is 0. The second-order valence-electron chi connectivity index (χ2n) is 2.88. The fourth-order valence-corrected chi connectivity index (χ4v) is 1.23. The van der Waals surface area contributed by atoms with Crippen LogP contribution >= 0.6 is 0 Å². The van der Waals surface area contributed by atoms with Crippen molar-refractivity contribution in [2.75, 3.05) is 0 Å². The molecule has 0 aromatic heterocycles. The third kappa shape index (κ3) is 1.48. The van der Waals surface area contributed by atoms with E-state index in [0.29, 0.717) is 0 Å². The Bertz CT molecular complexity index is 52.8. The minimum absolute atomic E-state index is 0.230. The summed E-state index contributed by atoms with van der Waals surface area (Å²) in [7, 11) is 0. The predicted molar refractivity (Wildman–Crippen MR) is 32.1 cm³/mol. The molecule has 0 amide bonds. The molecule has 0 atom stereocenters. The standard InChI is InChI=1S/C7H13O/c1-6-2-4-7(8)5-3-6/h6-7H,2-5H2,1H3. The van der Waals surface area contributed by atoms with Gasteiger partial charge in [-0.2, -0.15) is 0 Å². The lowest BCUT2D eigenvalue weighted by Crippen LogP contribution is -2.14. The quantitative estimate of drug-likeness (QED) is 0.458. The highest BCUT2D eigenvalue weighted by atomic mass is 16.3. The molecule has 0 heterocycles. The molecule has 0 spiro atoms. The van der Waals surface area contributed by atoms with Crippen molar-refractivity contribution in [3.05, 3.63) is 0 Å². The average Bonchev–Trinajstić information content (AvgIpc) is 1.77. The van der Waals surface area contributed by atoms with E-state index in [1.165, 1.54) is 0 Å². The lowest BCUT2D eigenvalue weighted by atomic mass is 9.89. The highest BCUT2D eigenvalue weighted by molar-refractivity contribution is 4.67. The van der Waals surface area contributed by atoms with Gasteiger partial charge in [-0.1, -0.05) is 6.92 Å². The Morgan fingerprint density at radius 2 is 1.62 bits per heavy atom. The Morgan fingerprint density at radius 1 is 1.12 bits per heavy atom. The first kappa shape index (κ1) is 6.09. The van der Waals surface area contributed by atoms with Gasteiger partial charge in [-0.05, 0) is 31.6 Å². The fourth-order valence-electron chi connectivity index (χ4n) is 1.23. The molecule has 1 radical (unpaired) electrons. The van der Waals surface area contributed by atoms with Gasteiger partial charge in [0.05, 0.1) is 6.10 Å². The molecule has 1 aliphatic rings. The van der Waals surface area contributed by atoms with Crippen LogP contribution in [0.15, 0.2) is 0 Å². The molecule has 0 aromatic rings. The van der Waals surface area contributed by atoms with E-state index in [1.54, 1.807) is 0 Å². The summed E-state index contributed by atoms with van der Waals surface area (Å²) in [4.78, 5) is 0. The zero-order valence-electron chi connectivity index (χ0n) is 5.39. The second kappa shape index (κ2) is 2.49. The summed E-state index contributed by atoms with van der Waals surface area (Å²) < 4.78 is 0. The molecule has 8 heavy (non-hydrogen) atoms. The lowest BCUT2D eigenvalue weighted by molar-refractivity contribution is 0.0449. The molecule has 0 aromatic carbocycles. The lowest BCUT2D eigenvalue weighted by Gasteiger charge is -2.19. The topological polar surface area (TPSA) is 19.9 Å². The van der Waals surface area contributed by atoms with Crippen LogP contribution < -0.4 is 0 Å². The number of rotatable bonds is 0. The van der Waals surface area contributed by atoms with Gasteiger partial charge in [0.2, 0.25) is 0 Å². The predicted octanol–water partition coefficient (Wildman–Crippen LogP) is 2.00. The van der Waals surface area contributed by atoms with Crippen LogP contribution in [-0.2, 0) is 5.11 Å². The second-order valence-corrected chi connectivity index (χ2v) is 2.88. The van der Waals surface area contributed by atoms with Crippen LogP contribution in [0.3, 0.4) is 0 Å². The van der Waals surface area contributed by atoms with E-state index in [-0.39, 0.29) is 6.10 Å². The van der Waals surface area contributed by atoms with Crippen molar-refractivity contribution in [3.8, 4) is 0 Å². The molecule has 1 aliphatic carbocycles. The molecule has 47 valence electrons. The Morgan fingerprint density at radius 3 is 2.00 bits per heavy atom. The van der Waals surface area contributed by atoms with Crippen molar-refractivity contribution in [2.24, 2.45) is 5.92 Å². The summed E-state index contributed by atoms with van der Waals surface area (Å²) in [6.07, 6.45) is 3.93. The van der Waals surface area contributed by atoms with Crippen molar-refractivity contribution in [3.63, 3.8) is 0 Å². The van der Waals surface area contributed by atoms with Gasteiger partial charge < -0.3 is 0 Å². The maximum atomic E-state index is 10.7. The molecule has 0 saturated heterocycles. The maximum Gasteiger partial charge on any atom is 0.0930 e. The van der Waals surface area contributed by atoms with E-state index in [4.69, 9.17) is 0 Å². The van der Waals surface area contributed by atoms with Gasteiger partial charge >= 0.3 is 0 Å². The van der Waals surface area contributed by atoms with Gasteiger partial charge in [0, 0.05) is 0 Å². The van der Waals surface area contributed by atoms with Crippen molar-refractivity contribution in [1.29, 1.82) is 0 Å². The molecular formula is C7H13O. The van der Waals surface area contributed by atoms with Crippen molar-refractivity contribution < 1.29 is 5.11 Å². The molecule has 1 fully saturated rings. The van der Waals surface area contributed by atoms with E-state index in [1.807, 2.05) is 0 Å². The summed E-state index contributed by atoms with van der Waals surface area (Å²) in [5, 5.41) is 10.7. The molecule has 0 bridgehead atoms. The average molecular weight is 113 g/mol. The monoisotopic (exact) mass is 113 g/mol. The Balaban J connectivity index is 2.19. The van der Waals surface area contributed by atoms with E-state index in [9.17, 15) is 5.11 Å². The van der Waals surface area contributed by atoms with Gasteiger partial charge in [0.1, 0.15) is 0 Å². The van der Waals surface area contributed by atoms with E-state index < -0.39 is 0 Å². The molecule has 1 rings (SSSR count). The van der Waals surface area contributed by atoms with Crippen LogP contribution in [0.5, 0.6) is 0 Å². The SMILES string of the molecule is CC1CCC([O])CC1. The first-order valence-electron chi connectivity index (χ1n) is 3.45. The highest BCUT2D eigenvalue weighted by Crippen LogP contribution is 2.23. The van der Waals surface area contributed by atoms with Crippen molar-refractivity contribution in [2.45, 2.75) is 38.7 Å². The van der Waals surface area contributed by atoms with Crippen LogP contribution in [0.2, 0.25) is 0 Å². The normalized spacial score (nSPS) is 39.8. The molecular weight excluding hydrogens is 100 g/mol. The molecule has 1 saturated carbocycles. The van der Waals surface area contributed by atoms with E-state index >= 15 is 0 Å². The third-order valence-corrected chi connectivity index (χ3v) is 1.96. The Labute approximate surface area is 50.7 Å². The smallest absolute Gasteiger partial charge is 0.0930 e. The maximum absolute atomic E-state index is 10.7. The van der Waals surface area contributed by atoms with Gasteiger partial charge in [-0.15, -0.1) is 0 Å². The molecule has 1 heteroatoms. The van der Waals surface area contributed by atoms with Crippen LogP contribution in [0, 0.1) is 5.92 Å². The van der Waals surface area contributed by atoms with Gasteiger partial charge in [0.15, 0.2) is 0 Å². The summed E-state index contributed by atoms with van der Waals surface area (Å²) in [6.45, 7) is 2.23. The van der Waals surface area contributed by atoms with E-state index in [0.717, 1.165) is 31.6 Å². The fraction of sp³-hybridized carbons (Fsp3) is 1.00. The summed E-state index contributed by atoms with van der Waals surface area (Å²) in [5.74, 6) is 0.820. The summed E-state index contributed by atoms with van der Waals surface area (Å²) >= 11 is 0. The van der Waals surface area contributed by atoms with Gasteiger partial charge in [-0.3, -0.25) is 0 Å². The third-order valence-electron chi connectivity index (χ3n) is 1.96. The Hall–Kier alpha value is -0.0400. The minimum Gasteiger partial charge on any atom is -0.233 e. The first-order valence-corrected chi connectivity index (χ1v) is 3.45. The minimum atomic E-state index is -0.230. The Kier molecular flexibility index (Phi) is 1.90. The summed E-state index contributed by atoms with van der Waals surface area (Å²) in [6, 6.07) is 0. The van der Waals surface area contributed by atoms with Gasteiger partial charge in [-0.25, -0.2) is 5.11 Å². The van der Waals surface area contributed by atoms with Crippen LogP contribution in [0.25, 0.3) is 0 Å². The van der Waals surface area contributed by atoms with E-state index in [2.05, 4.69) is 6.92 Å². The van der Waals surface area contributed by atoms with Gasteiger partial charge in [0.25, 0.3) is 0 Å². The zero-order valence-corrected chi connectivity index (χ0v) is 5.39. The van der Waals surface area contributed by atoms with Crippen LogP contribution in [0.1, 0.15) is 32.6 Å². The van der Waals surface area contributed by atoms with Crippen LogP contribution in [-0.4, -0.2) is 6.10 Å². The molecule has 0 aliphatic heterocycles. The highest BCUT2D eigenvalue weighted by Gasteiger charge is 2.15. The van der Waals surface area contributed by atoms with Crippen molar-refractivity contribution in [1.82, 2.24) is 0 Å². The van der Waals surface area contributed by atoms with Crippen LogP contribution in [0.4, 0.5) is 0 Å². The molecule has 0 N–H and O–H groups in total. The summed E-state index contributed by atoms with van der Waals surface area (Å²) in [5.41, 5.74) is 0. The molecule has 1 nitrogen and oxygen atoms in total. The molecule has 0 unspecified atom stereocenters.